The van der Waals surface area contributed by atoms with E-state index in [0.717, 1.165) is 0 Å². The van der Waals surface area contributed by atoms with E-state index < -0.39 is 5.60 Å². The van der Waals surface area contributed by atoms with Gasteiger partial charge in [0.05, 0.1) is 5.60 Å². The Morgan fingerprint density at radius 1 is 0.917 bits per heavy atom. The average Bonchev–Trinajstić information content (AvgIpc) is 1.52. The zero-order valence-electron chi connectivity index (χ0n) is 9.60. The third-order valence-corrected chi connectivity index (χ3v) is 0.667. The van der Waals surface area contributed by atoms with Gasteiger partial charge in [0.15, 0.2) is 0 Å². The zero-order chi connectivity index (χ0) is 10.4. The maximum absolute atomic E-state index is 8.52. The topological polar surface area (TPSA) is 32.3 Å². The molecule has 0 radical (unpaired) electrons. The molecule has 0 fully saturated rings. The van der Waals surface area contributed by atoms with Crippen molar-refractivity contribution in [3.8, 4) is 0 Å². The normalized spacial score (nSPS) is 11.5. The van der Waals surface area contributed by atoms with Crippen LogP contribution in [-0.2, 0) is 0 Å². The summed E-state index contributed by atoms with van der Waals surface area (Å²) in [7, 11) is 0. The van der Waals surface area contributed by atoms with Gasteiger partial charge in [-0.1, -0.05) is 27.7 Å². The minimum atomic E-state index is -0.500. The summed E-state index contributed by atoms with van der Waals surface area (Å²) in [5.41, 5.74) is -0.500. The van der Waals surface area contributed by atoms with Gasteiger partial charge in [0.25, 0.3) is 0 Å². The van der Waals surface area contributed by atoms with Crippen LogP contribution in [0.2, 0.25) is 0 Å². The van der Waals surface area contributed by atoms with E-state index in [4.69, 9.17) is 5.11 Å². The van der Waals surface area contributed by atoms with Crippen LogP contribution in [0.4, 0.5) is 0 Å². The van der Waals surface area contributed by atoms with Crippen molar-refractivity contribution in [2.45, 2.75) is 66.2 Å². The van der Waals surface area contributed by atoms with Crippen molar-refractivity contribution in [2.24, 2.45) is 0 Å². The summed E-state index contributed by atoms with van der Waals surface area (Å²) in [6, 6.07) is 1.25. The molecule has 2 N–H and O–H groups in total. The van der Waals surface area contributed by atoms with Crippen LogP contribution in [0.15, 0.2) is 0 Å². The molecule has 0 atom stereocenters. The molecule has 2 heteroatoms. The van der Waals surface area contributed by atoms with E-state index in [1.54, 1.807) is 20.8 Å². The molecule has 0 aromatic carbocycles. The van der Waals surface area contributed by atoms with Crippen LogP contribution < -0.4 is 5.32 Å². The molecule has 76 valence electrons. The summed E-state index contributed by atoms with van der Waals surface area (Å²) >= 11 is 0. The fourth-order valence-corrected chi connectivity index (χ4v) is 0.667. The van der Waals surface area contributed by atoms with E-state index in [1.165, 1.54) is 0 Å². The molecule has 0 bridgehead atoms. The number of hydrogen-bond donors (Lipinski definition) is 2. The van der Waals surface area contributed by atoms with Crippen LogP contribution >= 0.6 is 0 Å². The highest BCUT2D eigenvalue weighted by atomic mass is 16.3. The molecule has 0 rings (SSSR count). The maximum Gasteiger partial charge on any atom is 0.0563 e. The summed E-state index contributed by atoms with van der Waals surface area (Å²) in [6.07, 6.45) is 0. The third kappa shape index (κ3) is 51.4. The van der Waals surface area contributed by atoms with Crippen LogP contribution in [0.5, 0.6) is 0 Å². The van der Waals surface area contributed by atoms with Crippen molar-refractivity contribution < 1.29 is 5.11 Å². The predicted octanol–water partition coefficient (Wildman–Crippen LogP) is 2.17. The van der Waals surface area contributed by atoms with Crippen molar-refractivity contribution in [2.75, 3.05) is 0 Å². The predicted molar refractivity (Wildman–Crippen MR) is 55.4 cm³/mol. The van der Waals surface area contributed by atoms with Gasteiger partial charge < -0.3 is 10.4 Å². The highest BCUT2D eigenvalue weighted by Crippen LogP contribution is 1.93. The number of hydrogen-bond acceptors (Lipinski definition) is 2. The Morgan fingerprint density at radius 2 is 1.08 bits per heavy atom. The molecule has 0 unspecified atom stereocenters. The third-order valence-electron chi connectivity index (χ3n) is 0.667. The fourth-order valence-electron chi connectivity index (χ4n) is 0.667. The molecule has 0 spiro atoms. The van der Waals surface area contributed by atoms with Crippen LogP contribution in [0.1, 0.15) is 48.5 Å². The Hall–Kier alpha value is -0.0800. The largest absolute Gasteiger partial charge is 0.391 e. The first-order valence-corrected chi connectivity index (χ1v) is 4.61. The molecule has 0 aromatic heterocycles. The molecule has 0 aliphatic rings. The lowest BCUT2D eigenvalue weighted by Crippen LogP contribution is -2.29. The van der Waals surface area contributed by atoms with Gasteiger partial charge in [-0.2, -0.15) is 0 Å². The molecule has 0 saturated heterocycles. The maximum atomic E-state index is 8.52. The summed E-state index contributed by atoms with van der Waals surface area (Å²) < 4.78 is 0. The SMILES string of the molecule is CC(C)(C)O.CC(C)NC(C)C. The van der Waals surface area contributed by atoms with Crippen LogP contribution in [0, 0.1) is 0 Å². The van der Waals surface area contributed by atoms with E-state index >= 15 is 0 Å². The Bertz CT molecular complexity index is 80.5. The second-order valence-electron chi connectivity index (χ2n) is 4.65. The standard InChI is InChI=1S/C6H15N.C4H10O/c1-5(2)7-6(3)4;1-4(2,3)5/h5-7H,1-4H3;5H,1-3H3. The molecule has 0 aliphatic carbocycles. The smallest absolute Gasteiger partial charge is 0.0563 e. The van der Waals surface area contributed by atoms with Gasteiger partial charge in [-0.05, 0) is 20.8 Å². The van der Waals surface area contributed by atoms with Crippen molar-refractivity contribution in [1.29, 1.82) is 0 Å². The second-order valence-corrected chi connectivity index (χ2v) is 4.65. The van der Waals surface area contributed by atoms with Gasteiger partial charge in [0.2, 0.25) is 0 Å². The summed E-state index contributed by atoms with van der Waals surface area (Å²) in [4.78, 5) is 0. The number of nitrogens with one attached hydrogen (secondary N) is 1. The molecule has 0 aromatic rings. The molecule has 12 heavy (non-hydrogen) atoms. The summed E-state index contributed by atoms with van der Waals surface area (Å²) in [5, 5.41) is 11.8. The monoisotopic (exact) mass is 175 g/mol. The van der Waals surface area contributed by atoms with Gasteiger partial charge in [0.1, 0.15) is 0 Å². The highest BCUT2D eigenvalue weighted by Gasteiger charge is 1.97. The zero-order valence-corrected chi connectivity index (χ0v) is 9.60. The van der Waals surface area contributed by atoms with Gasteiger partial charge in [0, 0.05) is 12.1 Å². The first kappa shape index (κ1) is 14.4. The minimum absolute atomic E-state index is 0.500. The van der Waals surface area contributed by atoms with Crippen molar-refractivity contribution in [3.63, 3.8) is 0 Å². The lowest BCUT2D eigenvalue weighted by atomic mass is 10.2. The van der Waals surface area contributed by atoms with E-state index in [0.29, 0.717) is 12.1 Å². The lowest BCUT2D eigenvalue weighted by Gasteiger charge is -2.10. The van der Waals surface area contributed by atoms with Crippen molar-refractivity contribution in [1.82, 2.24) is 5.32 Å². The summed E-state index contributed by atoms with van der Waals surface area (Å²) in [6.45, 7) is 13.8. The quantitative estimate of drug-likeness (QED) is 0.674. The molecule has 0 amide bonds. The molecule has 0 heterocycles. The van der Waals surface area contributed by atoms with Gasteiger partial charge in [-0.3, -0.25) is 0 Å². The van der Waals surface area contributed by atoms with Gasteiger partial charge in [-0.25, -0.2) is 0 Å². The molecule has 0 saturated carbocycles. The van der Waals surface area contributed by atoms with Crippen LogP contribution in [0.3, 0.4) is 0 Å². The highest BCUT2D eigenvalue weighted by molar-refractivity contribution is 4.55. The fraction of sp³-hybridized carbons (Fsp3) is 1.00. The van der Waals surface area contributed by atoms with Crippen molar-refractivity contribution >= 4 is 0 Å². The van der Waals surface area contributed by atoms with Crippen molar-refractivity contribution in [3.05, 3.63) is 0 Å². The van der Waals surface area contributed by atoms with Crippen LogP contribution in [-0.4, -0.2) is 22.8 Å². The number of aliphatic hydroxyl groups is 1. The lowest BCUT2D eigenvalue weighted by molar-refractivity contribution is 0.102. The Labute approximate surface area is 77.4 Å². The first-order chi connectivity index (χ1) is 5.13. The van der Waals surface area contributed by atoms with Crippen LogP contribution in [0.25, 0.3) is 0 Å². The molecular formula is C10H25NO. The summed E-state index contributed by atoms with van der Waals surface area (Å²) in [5.74, 6) is 0. The molecular weight excluding hydrogens is 150 g/mol. The molecule has 0 aliphatic heterocycles. The van der Waals surface area contributed by atoms with E-state index in [1.807, 2.05) is 0 Å². The van der Waals surface area contributed by atoms with Gasteiger partial charge in [-0.15, -0.1) is 0 Å². The second kappa shape index (κ2) is 6.44. The minimum Gasteiger partial charge on any atom is -0.391 e. The van der Waals surface area contributed by atoms with E-state index in [2.05, 4.69) is 33.0 Å². The Kier molecular flexibility index (Phi) is 7.75. The van der Waals surface area contributed by atoms with E-state index in [-0.39, 0.29) is 0 Å². The number of rotatable bonds is 2. The average molecular weight is 175 g/mol. The molecule has 2 nitrogen and oxygen atoms in total. The van der Waals surface area contributed by atoms with E-state index in [9.17, 15) is 0 Å². The first-order valence-electron chi connectivity index (χ1n) is 4.61. The Balaban J connectivity index is 0. The van der Waals surface area contributed by atoms with Gasteiger partial charge >= 0.3 is 0 Å². The Morgan fingerprint density at radius 3 is 1.08 bits per heavy atom.